The van der Waals surface area contributed by atoms with Gasteiger partial charge >= 0.3 is 0 Å². The van der Waals surface area contributed by atoms with Crippen molar-refractivity contribution in [2.45, 2.75) is 63.5 Å². The predicted octanol–water partition coefficient (Wildman–Crippen LogP) is 2.86. The molecule has 8 nitrogen and oxygen atoms in total. The largest absolute Gasteiger partial charge is 0.375 e. The number of aromatic nitrogens is 4. The molecule has 2 aromatic rings. The first-order chi connectivity index (χ1) is 13.3. The number of ether oxygens (including phenoxy) is 1. The van der Waals surface area contributed by atoms with Gasteiger partial charge < -0.3 is 10.1 Å². The van der Waals surface area contributed by atoms with Gasteiger partial charge in [0, 0.05) is 18.8 Å². The molecule has 1 saturated heterocycles. The number of hydrogen-bond acceptors (Lipinski definition) is 5. The molecule has 0 aliphatic carbocycles. The first kappa shape index (κ1) is 19.3. The maximum Gasteiger partial charge on any atom is 0.271 e. The van der Waals surface area contributed by atoms with E-state index in [9.17, 15) is 9.59 Å². The fraction of sp³-hybridized carbons (Fsp3) is 0.632. The summed E-state index contributed by atoms with van der Waals surface area (Å²) in [7, 11) is 0. The summed E-state index contributed by atoms with van der Waals surface area (Å²) >= 11 is 1.47. The Morgan fingerprint density at radius 1 is 1.36 bits per heavy atom. The number of H-pyrrole nitrogens is 1. The molecule has 1 amide bonds. The van der Waals surface area contributed by atoms with Crippen molar-refractivity contribution in [1.82, 2.24) is 19.6 Å². The van der Waals surface area contributed by atoms with E-state index >= 15 is 0 Å². The highest BCUT2D eigenvalue weighted by molar-refractivity contribution is 8.00. The summed E-state index contributed by atoms with van der Waals surface area (Å²) in [5.41, 5.74) is 1.11. The maximum absolute atomic E-state index is 13.0. The molecule has 0 spiro atoms. The third kappa shape index (κ3) is 3.41. The number of hydrogen-bond donors (Lipinski definition) is 2. The highest BCUT2D eigenvalue weighted by atomic mass is 32.2. The Bertz CT molecular complexity index is 942. The number of carbonyl (C=O) groups excluding carboxylic acids is 1. The minimum atomic E-state index is -0.268. The molecular formula is C19H27N5O3S. The first-order valence-electron chi connectivity index (χ1n) is 9.70. The molecule has 2 atom stereocenters. The van der Waals surface area contributed by atoms with Crippen molar-refractivity contribution < 1.29 is 9.53 Å². The third-order valence-corrected chi connectivity index (χ3v) is 6.60. The molecule has 1 fully saturated rings. The fourth-order valence-corrected chi connectivity index (χ4v) is 5.27. The first-order valence-corrected chi connectivity index (χ1v) is 10.7. The van der Waals surface area contributed by atoms with Gasteiger partial charge in [-0.15, -0.1) is 11.8 Å². The molecule has 0 saturated carbocycles. The summed E-state index contributed by atoms with van der Waals surface area (Å²) in [5.74, 6) is 0.786. The molecule has 28 heavy (non-hydrogen) atoms. The second-order valence-corrected chi connectivity index (χ2v) is 9.46. The van der Waals surface area contributed by atoms with Gasteiger partial charge in [0.05, 0.1) is 33.9 Å². The number of fused-ring (bicyclic) bond motifs is 1. The number of aromatic amines is 1. The lowest BCUT2D eigenvalue weighted by atomic mass is 9.94. The summed E-state index contributed by atoms with van der Waals surface area (Å²) in [5, 5.41) is 10.1. The van der Waals surface area contributed by atoms with Crippen LogP contribution >= 0.6 is 11.8 Å². The number of rotatable bonds is 3. The Balaban J connectivity index is 1.82. The van der Waals surface area contributed by atoms with E-state index in [-0.39, 0.29) is 34.4 Å². The Morgan fingerprint density at radius 2 is 2.14 bits per heavy atom. The highest BCUT2D eigenvalue weighted by Crippen LogP contribution is 2.42. The lowest BCUT2D eigenvalue weighted by molar-refractivity contribution is -0.113. The van der Waals surface area contributed by atoms with Gasteiger partial charge in [0.2, 0.25) is 5.91 Å². The van der Waals surface area contributed by atoms with E-state index in [0.29, 0.717) is 23.7 Å². The van der Waals surface area contributed by atoms with Crippen LogP contribution in [0.15, 0.2) is 17.1 Å². The van der Waals surface area contributed by atoms with Crippen molar-refractivity contribution in [2.75, 3.05) is 17.7 Å². The van der Waals surface area contributed by atoms with Crippen LogP contribution in [-0.2, 0) is 9.53 Å². The summed E-state index contributed by atoms with van der Waals surface area (Å²) in [6, 6.07) is 2.17. The predicted molar refractivity (Wildman–Crippen MR) is 109 cm³/mol. The zero-order valence-electron chi connectivity index (χ0n) is 16.7. The molecule has 0 aromatic carbocycles. The second kappa shape index (κ2) is 7.11. The summed E-state index contributed by atoms with van der Waals surface area (Å²) in [6.45, 7) is 8.85. The van der Waals surface area contributed by atoms with Crippen molar-refractivity contribution in [3.05, 3.63) is 33.9 Å². The number of nitrogens with zero attached hydrogens (tertiary/aromatic N) is 3. The average molecular weight is 406 g/mol. The van der Waals surface area contributed by atoms with Crippen molar-refractivity contribution in [1.29, 1.82) is 0 Å². The maximum atomic E-state index is 13.0. The number of carbonyl (C=O) groups is 1. The van der Waals surface area contributed by atoms with E-state index in [2.05, 4.69) is 43.2 Å². The minimum absolute atomic E-state index is 0.0688. The standard InChI is InChI=1S/C19H27N5O3S/c1-11(2)23-13(5-7-20-23)16-15-17(21-14(25)10-28-16)24(22-18(15)26)12-6-8-27-19(3,4)9-12/h5,7,11-12,16H,6,8-10H2,1-4H3,(H,21,25)(H,22,26)/t12-,16-/m1/s1. The molecule has 4 rings (SSSR count). The van der Waals surface area contributed by atoms with Gasteiger partial charge in [0.25, 0.3) is 5.56 Å². The summed E-state index contributed by atoms with van der Waals surface area (Å²) < 4.78 is 9.61. The van der Waals surface area contributed by atoms with E-state index < -0.39 is 0 Å². The van der Waals surface area contributed by atoms with Crippen LogP contribution in [0.2, 0.25) is 0 Å². The highest BCUT2D eigenvalue weighted by Gasteiger charge is 2.36. The van der Waals surface area contributed by atoms with E-state index in [1.807, 2.05) is 15.4 Å². The minimum Gasteiger partial charge on any atom is -0.375 e. The molecule has 2 aromatic heterocycles. The lowest BCUT2D eigenvalue weighted by Gasteiger charge is -2.36. The third-order valence-electron chi connectivity index (χ3n) is 5.36. The van der Waals surface area contributed by atoms with E-state index in [4.69, 9.17) is 4.74 Å². The van der Waals surface area contributed by atoms with Crippen LogP contribution in [0.3, 0.4) is 0 Å². The van der Waals surface area contributed by atoms with Gasteiger partial charge in [-0.3, -0.25) is 24.1 Å². The SMILES string of the molecule is CC(C)n1nccc1[C@H]1SCC(=O)Nc2c1c(=O)[nH]n2[C@@H]1CCOC(C)(C)C1. The molecule has 2 N–H and O–H groups in total. The van der Waals surface area contributed by atoms with Crippen LogP contribution < -0.4 is 10.9 Å². The Labute approximate surface area is 168 Å². The smallest absolute Gasteiger partial charge is 0.271 e. The molecule has 4 heterocycles. The normalized spacial score (nSPS) is 24.7. The van der Waals surface area contributed by atoms with Crippen LogP contribution in [0, 0.1) is 0 Å². The molecule has 152 valence electrons. The van der Waals surface area contributed by atoms with Gasteiger partial charge in [-0.05, 0) is 46.6 Å². The number of amides is 1. The number of thioether (sulfide) groups is 1. The molecule has 0 radical (unpaired) electrons. The van der Waals surface area contributed by atoms with E-state index in [1.165, 1.54) is 11.8 Å². The fourth-order valence-electron chi connectivity index (χ4n) is 4.13. The monoisotopic (exact) mass is 405 g/mol. The summed E-state index contributed by atoms with van der Waals surface area (Å²) in [6.07, 6.45) is 3.31. The van der Waals surface area contributed by atoms with Crippen LogP contribution in [-0.4, -0.2) is 43.4 Å². The molecular weight excluding hydrogens is 378 g/mol. The quantitative estimate of drug-likeness (QED) is 0.819. The molecule has 2 aliphatic rings. The van der Waals surface area contributed by atoms with Gasteiger partial charge in [-0.2, -0.15) is 5.10 Å². The van der Waals surface area contributed by atoms with Crippen molar-refractivity contribution in [2.24, 2.45) is 0 Å². The van der Waals surface area contributed by atoms with Crippen molar-refractivity contribution in [3.63, 3.8) is 0 Å². The van der Waals surface area contributed by atoms with Crippen molar-refractivity contribution in [3.8, 4) is 0 Å². The Morgan fingerprint density at radius 3 is 2.86 bits per heavy atom. The molecule has 2 aliphatic heterocycles. The van der Waals surface area contributed by atoms with Gasteiger partial charge in [-0.25, -0.2) is 0 Å². The Hall–Kier alpha value is -2.00. The molecule has 0 bridgehead atoms. The van der Waals surface area contributed by atoms with Crippen LogP contribution in [0.1, 0.15) is 69.1 Å². The number of nitrogens with one attached hydrogen (secondary N) is 2. The topological polar surface area (TPSA) is 93.9 Å². The Kier molecular flexibility index (Phi) is 4.91. The van der Waals surface area contributed by atoms with Gasteiger partial charge in [0.15, 0.2) is 0 Å². The lowest BCUT2D eigenvalue weighted by Crippen LogP contribution is -2.36. The van der Waals surface area contributed by atoms with Crippen LogP contribution in [0.25, 0.3) is 0 Å². The van der Waals surface area contributed by atoms with E-state index in [0.717, 1.165) is 18.5 Å². The van der Waals surface area contributed by atoms with Crippen LogP contribution in [0.5, 0.6) is 0 Å². The zero-order valence-corrected chi connectivity index (χ0v) is 17.5. The number of anilines is 1. The average Bonchev–Trinajstić information content (AvgIpc) is 3.17. The van der Waals surface area contributed by atoms with Crippen LogP contribution in [0.4, 0.5) is 5.82 Å². The van der Waals surface area contributed by atoms with Gasteiger partial charge in [0.1, 0.15) is 5.82 Å². The van der Waals surface area contributed by atoms with Crippen molar-refractivity contribution >= 4 is 23.5 Å². The molecule has 0 unspecified atom stereocenters. The molecule has 9 heteroatoms. The van der Waals surface area contributed by atoms with Gasteiger partial charge in [-0.1, -0.05) is 0 Å². The zero-order chi connectivity index (χ0) is 20.1. The van der Waals surface area contributed by atoms with E-state index in [1.54, 1.807) is 6.20 Å². The summed E-state index contributed by atoms with van der Waals surface area (Å²) in [4.78, 5) is 25.5. The second-order valence-electron chi connectivity index (χ2n) is 8.36.